The summed E-state index contributed by atoms with van der Waals surface area (Å²) in [5.41, 5.74) is 0.448. The molecule has 0 spiro atoms. The second-order valence-corrected chi connectivity index (χ2v) is 11.0. The molecule has 10 heteroatoms. The lowest BCUT2D eigenvalue weighted by Gasteiger charge is -2.58. The fraction of sp³-hybridized carbons (Fsp3) is 0.458. The van der Waals surface area contributed by atoms with Crippen LogP contribution in [-0.4, -0.2) is 54.8 Å². The number of rotatable bonds is 7. The molecular formula is C24H27F3N2O4S. The van der Waals surface area contributed by atoms with Crippen molar-refractivity contribution in [3.05, 3.63) is 59.4 Å². The Morgan fingerprint density at radius 2 is 1.88 bits per heavy atom. The summed E-state index contributed by atoms with van der Waals surface area (Å²) in [6.07, 6.45) is -1.73. The molecule has 3 aliphatic rings. The molecule has 34 heavy (non-hydrogen) atoms. The Hall–Kier alpha value is -2.43. The average molecular weight is 497 g/mol. The van der Waals surface area contributed by atoms with Crippen molar-refractivity contribution in [3.63, 3.8) is 0 Å². The lowest BCUT2D eigenvalue weighted by molar-refractivity contribution is -0.157. The van der Waals surface area contributed by atoms with E-state index in [0.29, 0.717) is 18.4 Å². The molecule has 2 saturated heterocycles. The molecule has 3 fully saturated rings. The number of fused-ring (bicyclic) bond motifs is 2. The van der Waals surface area contributed by atoms with Gasteiger partial charge in [-0.05, 0) is 49.3 Å². The maximum absolute atomic E-state index is 15.6. The number of alkyl halides is 2. The van der Waals surface area contributed by atoms with Crippen molar-refractivity contribution in [2.45, 2.75) is 56.8 Å². The van der Waals surface area contributed by atoms with Gasteiger partial charge in [-0.15, -0.1) is 0 Å². The SMILES string of the molecule is C[C@@H](O)C(=O)N1C2CC(C2)[C@H](NS(C)(=O)=O)[C@@H]1Cc1cccc(-c2cccc(C(F)F)c2)c1F. The molecule has 184 valence electrons. The first-order valence-electron chi connectivity index (χ1n) is 11.1. The number of piperidine rings is 2. The van der Waals surface area contributed by atoms with Crippen LogP contribution in [-0.2, 0) is 21.2 Å². The van der Waals surface area contributed by atoms with Crippen LogP contribution in [0.4, 0.5) is 13.2 Å². The van der Waals surface area contributed by atoms with Gasteiger partial charge < -0.3 is 10.0 Å². The summed E-state index contributed by atoms with van der Waals surface area (Å²) >= 11 is 0. The number of amides is 1. The zero-order valence-corrected chi connectivity index (χ0v) is 19.6. The van der Waals surface area contributed by atoms with Crippen LogP contribution in [0, 0.1) is 11.7 Å². The minimum Gasteiger partial charge on any atom is -0.384 e. The molecule has 2 heterocycles. The van der Waals surface area contributed by atoms with E-state index in [4.69, 9.17) is 0 Å². The summed E-state index contributed by atoms with van der Waals surface area (Å²) in [5, 5.41) is 9.96. The van der Waals surface area contributed by atoms with Gasteiger partial charge in [-0.25, -0.2) is 26.3 Å². The molecule has 1 saturated carbocycles. The van der Waals surface area contributed by atoms with E-state index < -0.39 is 46.4 Å². The van der Waals surface area contributed by atoms with Gasteiger partial charge in [0.15, 0.2) is 0 Å². The Morgan fingerprint density at radius 1 is 1.21 bits per heavy atom. The third-order valence-corrected chi connectivity index (χ3v) is 7.44. The maximum Gasteiger partial charge on any atom is 0.263 e. The monoisotopic (exact) mass is 496 g/mol. The molecule has 2 aromatic carbocycles. The van der Waals surface area contributed by atoms with E-state index in [1.54, 1.807) is 18.2 Å². The van der Waals surface area contributed by atoms with E-state index in [1.807, 2.05) is 0 Å². The number of nitrogens with one attached hydrogen (secondary N) is 1. The van der Waals surface area contributed by atoms with Crippen molar-refractivity contribution >= 4 is 15.9 Å². The number of benzene rings is 2. The molecule has 1 aliphatic carbocycles. The summed E-state index contributed by atoms with van der Waals surface area (Å²) in [7, 11) is -3.62. The number of halogens is 3. The van der Waals surface area contributed by atoms with E-state index in [1.165, 1.54) is 36.1 Å². The number of hydrogen-bond donors (Lipinski definition) is 2. The van der Waals surface area contributed by atoms with Gasteiger partial charge in [0.2, 0.25) is 10.0 Å². The van der Waals surface area contributed by atoms with Gasteiger partial charge in [0.1, 0.15) is 11.9 Å². The first-order chi connectivity index (χ1) is 16.0. The van der Waals surface area contributed by atoms with Crippen molar-refractivity contribution in [2.24, 2.45) is 5.92 Å². The highest BCUT2D eigenvalue weighted by Gasteiger charge is 2.53. The number of hydrogen-bond acceptors (Lipinski definition) is 4. The second kappa shape index (κ2) is 9.31. The third kappa shape index (κ3) is 4.85. The van der Waals surface area contributed by atoms with Crippen LogP contribution in [0.15, 0.2) is 42.5 Å². The largest absolute Gasteiger partial charge is 0.384 e. The number of aliphatic hydroxyl groups excluding tert-OH is 1. The lowest BCUT2D eigenvalue weighted by atomic mass is 9.66. The van der Waals surface area contributed by atoms with Crippen LogP contribution < -0.4 is 4.72 Å². The van der Waals surface area contributed by atoms with Gasteiger partial charge in [-0.3, -0.25) is 4.79 Å². The summed E-state index contributed by atoms with van der Waals surface area (Å²) in [4.78, 5) is 14.4. The summed E-state index contributed by atoms with van der Waals surface area (Å²) < 4.78 is 68.7. The van der Waals surface area contributed by atoms with E-state index >= 15 is 4.39 Å². The highest BCUT2D eigenvalue weighted by atomic mass is 32.2. The molecule has 3 atom stereocenters. The van der Waals surface area contributed by atoms with Gasteiger partial charge in [-0.2, -0.15) is 0 Å². The second-order valence-electron chi connectivity index (χ2n) is 9.20. The fourth-order valence-electron chi connectivity index (χ4n) is 5.14. The standard InChI is InChI=1S/C24H27F3N2O4S/c1-13(30)24(31)29-18-10-17(11-18)22(28-34(2,32)33)20(29)12-15-6-4-8-19(21(15)25)14-5-3-7-16(9-14)23(26)27/h3-9,13,17-18,20,22-23,28,30H,10-12H2,1-2H3/t13-,17?,18?,20+,22+/m1/s1. The van der Waals surface area contributed by atoms with Crippen LogP contribution >= 0.6 is 0 Å². The van der Waals surface area contributed by atoms with E-state index in [2.05, 4.69) is 4.72 Å². The smallest absolute Gasteiger partial charge is 0.263 e. The minimum atomic E-state index is -3.62. The quantitative estimate of drug-likeness (QED) is 0.616. The Bertz CT molecular complexity index is 1180. The van der Waals surface area contributed by atoms with Crippen molar-refractivity contribution in [3.8, 4) is 11.1 Å². The predicted octanol–water partition coefficient (Wildman–Crippen LogP) is 3.26. The van der Waals surface area contributed by atoms with Crippen LogP contribution in [0.25, 0.3) is 11.1 Å². The molecule has 0 aromatic heterocycles. The zero-order chi connectivity index (χ0) is 24.8. The number of carbonyl (C=O) groups excluding carboxylic acids is 1. The van der Waals surface area contributed by atoms with Gasteiger partial charge in [0.05, 0.1) is 12.3 Å². The summed E-state index contributed by atoms with van der Waals surface area (Å²) in [5.74, 6) is -1.15. The third-order valence-electron chi connectivity index (χ3n) is 6.74. The minimum absolute atomic E-state index is 0.00302. The van der Waals surface area contributed by atoms with Crippen LogP contribution in [0.3, 0.4) is 0 Å². The molecule has 2 aromatic rings. The molecular weight excluding hydrogens is 469 g/mol. The number of carbonyl (C=O) groups is 1. The van der Waals surface area contributed by atoms with Crippen molar-refractivity contribution < 1.29 is 31.5 Å². The predicted molar refractivity (Wildman–Crippen MR) is 121 cm³/mol. The number of nitrogens with zero attached hydrogens (tertiary/aromatic N) is 1. The maximum atomic E-state index is 15.6. The zero-order valence-electron chi connectivity index (χ0n) is 18.8. The lowest BCUT2D eigenvalue weighted by Crippen LogP contribution is -2.71. The Labute approximate surface area is 196 Å². The van der Waals surface area contributed by atoms with Crippen molar-refractivity contribution in [2.75, 3.05) is 6.26 Å². The molecule has 2 bridgehead atoms. The first kappa shape index (κ1) is 24.7. The molecule has 2 N–H and O–H groups in total. The van der Waals surface area contributed by atoms with Crippen LogP contribution in [0.1, 0.15) is 37.3 Å². The number of sulfonamides is 1. The molecule has 2 aliphatic heterocycles. The molecule has 0 radical (unpaired) electrons. The molecule has 6 nitrogen and oxygen atoms in total. The van der Waals surface area contributed by atoms with E-state index in [0.717, 1.165) is 6.26 Å². The first-order valence-corrected chi connectivity index (χ1v) is 13.0. The Morgan fingerprint density at radius 3 is 2.50 bits per heavy atom. The number of aliphatic hydroxyl groups is 1. The Balaban J connectivity index is 1.72. The topological polar surface area (TPSA) is 86.7 Å². The normalized spacial score (nSPS) is 25.2. The van der Waals surface area contributed by atoms with E-state index in [-0.39, 0.29) is 35.1 Å². The molecule has 0 unspecified atom stereocenters. The van der Waals surface area contributed by atoms with Crippen LogP contribution in [0.2, 0.25) is 0 Å². The highest BCUT2D eigenvalue weighted by Crippen LogP contribution is 2.44. The summed E-state index contributed by atoms with van der Waals surface area (Å²) in [6, 6.07) is 8.64. The van der Waals surface area contributed by atoms with Crippen molar-refractivity contribution in [1.82, 2.24) is 9.62 Å². The Kier molecular flexibility index (Phi) is 6.76. The van der Waals surface area contributed by atoms with Crippen molar-refractivity contribution in [1.29, 1.82) is 0 Å². The van der Waals surface area contributed by atoms with Gasteiger partial charge in [0, 0.05) is 23.2 Å². The fourth-order valence-corrected chi connectivity index (χ4v) is 5.99. The van der Waals surface area contributed by atoms with E-state index in [9.17, 15) is 27.1 Å². The van der Waals surface area contributed by atoms with Gasteiger partial charge in [-0.1, -0.05) is 36.4 Å². The highest BCUT2D eigenvalue weighted by molar-refractivity contribution is 7.88. The van der Waals surface area contributed by atoms with Gasteiger partial charge in [0.25, 0.3) is 12.3 Å². The summed E-state index contributed by atoms with van der Waals surface area (Å²) in [6.45, 7) is 1.35. The van der Waals surface area contributed by atoms with Crippen LogP contribution in [0.5, 0.6) is 0 Å². The molecule has 1 amide bonds. The average Bonchev–Trinajstić information content (AvgIpc) is 2.73. The van der Waals surface area contributed by atoms with Gasteiger partial charge >= 0.3 is 0 Å². The molecule has 5 rings (SSSR count).